The maximum Gasteiger partial charge on any atom is 0.343 e. The van der Waals surface area contributed by atoms with Crippen LogP contribution in [0.2, 0.25) is 0 Å². The summed E-state index contributed by atoms with van der Waals surface area (Å²) in [5.41, 5.74) is 1.32. The van der Waals surface area contributed by atoms with Gasteiger partial charge in [0.1, 0.15) is 17.9 Å². The fourth-order valence-corrected chi connectivity index (χ4v) is 2.90. The summed E-state index contributed by atoms with van der Waals surface area (Å²) in [5.74, 6) is -0.270. The SMILES string of the molecule is COc1ccccc1C(=O)O[C]1[CH]CC(CCC(=O)OCc2ccccc2)N1. The third kappa shape index (κ3) is 5.57. The van der Waals surface area contributed by atoms with Crippen LogP contribution in [-0.2, 0) is 20.9 Å². The van der Waals surface area contributed by atoms with Gasteiger partial charge in [-0.1, -0.05) is 42.5 Å². The second-order valence-electron chi connectivity index (χ2n) is 6.42. The molecule has 0 amide bonds. The molecule has 0 saturated carbocycles. The molecule has 6 nitrogen and oxygen atoms in total. The fraction of sp³-hybridized carbons (Fsp3) is 0.273. The van der Waals surface area contributed by atoms with Gasteiger partial charge in [-0.15, -0.1) is 0 Å². The summed E-state index contributed by atoms with van der Waals surface area (Å²) in [6.07, 6.45) is 3.79. The van der Waals surface area contributed by atoms with Gasteiger partial charge < -0.3 is 14.2 Å². The van der Waals surface area contributed by atoms with Crippen molar-refractivity contribution in [2.45, 2.75) is 31.9 Å². The van der Waals surface area contributed by atoms with Gasteiger partial charge in [-0.2, -0.15) is 0 Å². The highest BCUT2D eigenvalue weighted by Gasteiger charge is 2.29. The lowest BCUT2D eigenvalue weighted by atomic mass is 10.1. The fourth-order valence-electron chi connectivity index (χ4n) is 2.90. The maximum atomic E-state index is 12.3. The first-order chi connectivity index (χ1) is 13.7. The number of carbonyl (C=O) groups is 2. The Hall–Kier alpha value is -2.86. The van der Waals surface area contributed by atoms with E-state index in [0.717, 1.165) is 5.56 Å². The van der Waals surface area contributed by atoms with E-state index in [1.54, 1.807) is 24.3 Å². The maximum absolute atomic E-state index is 12.3. The van der Waals surface area contributed by atoms with Gasteiger partial charge in [0, 0.05) is 18.9 Å². The number of nitrogens with one attached hydrogen (secondary N) is 1. The summed E-state index contributed by atoms with van der Waals surface area (Å²) in [4.78, 5) is 24.2. The van der Waals surface area contributed by atoms with Gasteiger partial charge in [0.15, 0.2) is 0 Å². The molecule has 1 unspecified atom stereocenters. The lowest BCUT2D eigenvalue weighted by Crippen LogP contribution is -2.28. The molecule has 6 heteroatoms. The van der Waals surface area contributed by atoms with E-state index in [1.165, 1.54) is 7.11 Å². The summed E-state index contributed by atoms with van der Waals surface area (Å²) >= 11 is 0. The largest absolute Gasteiger partial charge is 0.496 e. The van der Waals surface area contributed by atoms with Gasteiger partial charge in [0.2, 0.25) is 6.23 Å². The molecule has 0 bridgehead atoms. The highest BCUT2D eigenvalue weighted by molar-refractivity contribution is 5.93. The molecule has 28 heavy (non-hydrogen) atoms. The molecular formula is C22H23NO5. The van der Waals surface area contributed by atoms with E-state index < -0.39 is 5.97 Å². The number of methoxy groups -OCH3 is 1. The molecule has 1 heterocycles. The molecule has 1 aliphatic rings. The Morgan fingerprint density at radius 2 is 1.82 bits per heavy atom. The number of hydrogen-bond donors (Lipinski definition) is 1. The molecule has 2 aromatic carbocycles. The molecule has 3 rings (SSSR count). The summed E-state index contributed by atoms with van der Waals surface area (Å²) < 4.78 is 15.9. The van der Waals surface area contributed by atoms with E-state index in [-0.39, 0.29) is 18.6 Å². The zero-order valence-corrected chi connectivity index (χ0v) is 15.7. The Kier molecular flexibility index (Phi) is 7.03. The first-order valence-corrected chi connectivity index (χ1v) is 9.17. The van der Waals surface area contributed by atoms with Crippen molar-refractivity contribution in [3.05, 3.63) is 78.4 Å². The number of esters is 2. The van der Waals surface area contributed by atoms with Crippen LogP contribution in [0.15, 0.2) is 54.6 Å². The van der Waals surface area contributed by atoms with Crippen LogP contribution in [0.5, 0.6) is 5.75 Å². The average Bonchev–Trinajstić information content (AvgIpc) is 3.18. The smallest absolute Gasteiger partial charge is 0.343 e. The molecule has 1 saturated heterocycles. The van der Waals surface area contributed by atoms with Crippen molar-refractivity contribution in [3.8, 4) is 5.75 Å². The standard InChI is InChI=1S/C22H23NO5/c1-26-19-10-6-5-9-18(19)22(25)28-20-13-11-17(23-20)12-14-21(24)27-15-16-7-3-2-4-8-16/h2-10,13,17,23H,11-12,14-15H2,1H3. The van der Waals surface area contributed by atoms with Crippen LogP contribution in [0.3, 0.4) is 0 Å². The average molecular weight is 381 g/mol. The predicted molar refractivity (Wildman–Crippen MR) is 103 cm³/mol. The van der Waals surface area contributed by atoms with Crippen LogP contribution < -0.4 is 10.1 Å². The number of rotatable bonds is 8. The number of para-hydroxylation sites is 1. The Bertz CT molecular complexity index is 793. The van der Waals surface area contributed by atoms with E-state index in [1.807, 2.05) is 36.8 Å². The topological polar surface area (TPSA) is 73.9 Å². The minimum atomic E-state index is -0.487. The van der Waals surface area contributed by atoms with Crippen molar-refractivity contribution in [3.63, 3.8) is 0 Å². The summed E-state index contributed by atoms with van der Waals surface area (Å²) in [6.45, 7) is 0.276. The quantitative estimate of drug-likeness (QED) is 0.706. The molecule has 2 radical (unpaired) electrons. The van der Waals surface area contributed by atoms with Crippen LogP contribution in [0.4, 0.5) is 0 Å². The minimum absolute atomic E-state index is 0.0322. The van der Waals surface area contributed by atoms with Gasteiger partial charge in [0.25, 0.3) is 0 Å². The number of hydrogen-bond acceptors (Lipinski definition) is 6. The van der Waals surface area contributed by atoms with Crippen molar-refractivity contribution < 1.29 is 23.8 Å². The van der Waals surface area contributed by atoms with Crippen LogP contribution in [0.25, 0.3) is 0 Å². The van der Waals surface area contributed by atoms with E-state index in [4.69, 9.17) is 14.2 Å². The van der Waals surface area contributed by atoms with Crippen molar-refractivity contribution in [1.82, 2.24) is 5.32 Å². The molecule has 0 spiro atoms. The molecule has 1 atom stereocenters. The second kappa shape index (κ2) is 9.90. The molecule has 0 aromatic heterocycles. The number of ether oxygens (including phenoxy) is 3. The predicted octanol–water partition coefficient (Wildman–Crippen LogP) is 3.43. The number of benzene rings is 2. The minimum Gasteiger partial charge on any atom is -0.496 e. The van der Waals surface area contributed by atoms with Crippen LogP contribution >= 0.6 is 0 Å². The lowest BCUT2D eigenvalue weighted by Gasteiger charge is -2.14. The van der Waals surface area contributed by atoms with Gasteiger partial charge in [0.05, 0.1) is 7.11 Å². The number of carbonyl (C=O) groups excluding carboxylic acids is 2. The molecule has 146 valence electrons. The van der Waals surface area contributed by atoms with Crippen molar-refractivity contribution in [2.75, 3.05) is 7.11 Å². The lowest BCUT2D eigenvalue weighted by molar-refractivity contribution is -0.145. The van der Waals surface area contributed by atoms with Crippen LogP contribution in [-0.4, -0.2) is 25.1 Å². The second-order valence-corrected chi connectivity index (χ2v) is 6.42. The van der Waals surface area contributed by atoms with Gasteiger partial charge in [-0.25, -0.2) is 4.79 Å². The van der Waals surface area contributed by atoms with E-state index in [0.29, 0.717) is 36.8 Å². The zero-order chi connectivity index (χ0) is 19.8. The third-order valence-corrected chi connectivity index (χ3v) is 4.40. The monoisotopic (exact) mass is 381 g/mol. The summed E-state index contributed by atoms with van der Waals surface area (Å²) in [5, 5.41) is 3.13. The summed E-state index contributed by atoms with van der Waals surface area (Å²) in [6, 6.07) is 16.5. The zero-order valence-electron chi connectivity index (χ0n) is 15.7. The van der Waals surface area contributed by atoms with Crippen molar-refractivity contribution in [1.29, 1.82) is 0 Å². The Labute approximate surface area is 164 Å². The summed E-state index contributed by atoms with van der Waals surface area (Å²) in [7, 11) is 1.51. The van der Waals surface area contributed by atoms with E-state index in [2.05, 4.69) is 5.32 Å². The highest BCUT2D eigenvalue weighted by atomic mass is 16.6. The Morgan fingerprint density at radius 1 is 1.07 bits per heavy atom. The van der Waals surface area contributed by atoms with E-state index >= 15 is 0 Å². The first kappa shape index (κ1) is 19.9. The molecule has 1 aliphatic heterocycles. The normalized spacial score (nSPS) is 16.5. The molecule has 1 N–H and O–H groups in total. The Morgan fingerprint density at radius 3 is 2.61 bits per heavy atom. The Balaban J connectivity index is 1.39. The van der Waals surface area contributed by atoms with Gasteiger partial charge >= 0.3 is 11.9 Å². The molecular weight excluding hydrogens is 358 g/mol. The van der Waals surface area contributed by atoms with Crippen molar-refractivity contribution >= 4 is 11.9 Å². The van der Waals surface area contributed by atoms with Gasteiger partial charge in [-0.05, 0) is 30.5 Å². The van der Waals surface area contributed by atoms with E-state index in [9.17, 15) is 9.59 Å². The van der Waals surface area contributed by atoms with Crippen LogP contribution in [0, 0.1) is 12.6 Å². The third-order valence-electron chi connectivity index (χ3n) is 4.40. The molecule has 1 fully saturated rings. The first-order valence-electron chi connectivity index (χ1n) is 9.17. The molecule has 2 aromatic rings. The highest BCUT2D eigenvalue weighted by Crippen LogP contribution is 2.25. The van der Waals surface area contributed by atoms with Gasteiger partial charge in [-0.3, -0.25) is 10.1 Å². The molecule has 0 aliphatic carbocycles. The van der Waals surface area contributed by atoms with Crippen molar-refractivity contribution in [2.24, 2.45) is 0 Å². The van der Waals surface area contributed by atoms with Crippen LogP contribution in [0.1, 0.15) is 35.2 Å².